The number of carboxylic acid groups (broad SMARTS) is 2. The fourth-order valence-electron chi connectivity index (χ4n) is 2.60. The second-order valence-electron chi connectivity index (χ2n) is 8.23. The predicted octanol–water partition coefficient (Wildman–Crippen LogP) is 7.94. The van der Waals surface area contributed by atoms with E-state index in [4.69, 9.17) is 13.5 Å². The Morgan fingerprint density at radius 3 is 1.26 bits per heavy atom. The Hall–Kier alpha value is -0.806. The molecule has 0 fully saturated rings. The van der Waals surface area contributed by atoms with Crippen molar-refractivity contribution < 1.29 is 43.5 Å². The van der Waals surface area contributed by atoms with Crippen LogP contribution < -0.4 is 0 Å². The molecule has 6 heteroatoms. The van der Waals surface area contributed by atoms with E-state index in [-0.39, 0.29) is 5.57 Å². The van der Waals surface area contributed by atoms with E-state index in [0.29, 0.717) is 6.42 Å². The van der Waals surface area contributed by atoms with Crippen LogP contribution in [-0.2, 0) is 33.3 Å². The molecule has 0 aromatic heterocycles. The molecule has 31 heavy (non-hydrogen) atoms. The molecule has 0 aromatic rings. The molecule has 0 heterocycles. The minimum absolute atomic E-state index is 0.176. The van der Waals surface area contributed by atoms with Gasteiger partial charge in [0, 0.05) is 12.0 Å². The molecule has 0 saturated carbocycles. The molecule has 0 unspecified atom stereocenters. The Bertz CT molecular complexity index is 385. The number of rotatable bonds is 16. The second-order valence-corrected chi connectivity index (χ2v) is 8.23. The molecule has 183 valence electrons. The van der Waals surface area contributed by atoms with Gasteiger partial charge in [0.1, 0.15) is 0 Å². The normalized spacial score (nSPS) is 9.42. The van der Waals surface area contributed by atoms with Crippen LogP contribution in [-0.4, -0.2) is 22.2 Å². The maximum atomic E-state index is 10.3. The van der Waals surface area contributed by atoms with Gasteiger partial charge in [-0.15, -0.1) is 0 Å². The summed E-state index contributed by atoms with van der Waals surface area (Å²) in [5.41, 5.74) is 0.176. The van der Waals surface area contributed by atoms with Gasteiger partial charge >= 0.3 is 35.7 Å². The van der Waals surface area contributed by atoms with Gasteiger partial charge < -0.3 is 16.6 Å². The van der Waals surface area contributed by atoms with Crippen molar-refractivity contribution in [1.82, 2.24) is 0 Å². The first-order valence-electron chi connectivity index (χ1n) is 11.7. The molecular formula is C25H49O5Ti. The van der Waals surface area contributed by atoms with E-state index in [2.05, 4.69) is 20.4 Å². The molecule has 0 aromatic carbocycles. The van der Waals surface area contributed by atoms with Crippen molar-refractivity contribution in [2.45, 2.75) is 125 Å². The van der Waals surface area contributed by atoms with Gasteiger partial charge in [0.15, 0.2) is 0 Å². The summed E-state index contributed by atoms with van der Waals surface area (Å²) >= 11 is 0.750. The van der Waals surface area contributed by atoms with Crippen LogP contribution in [0.1, 0.15) is 125 Å². The van der Waals surface area contributed by atoms with Crippen molar-refractivity contribution in [3.05, 3.63) is 18.6 Å². The van der Waals surface area contributed by atoms with Crippen molar-refractivity contribution in [1.29, 1.82) is 0 Å². The Morgan fingerprint density at radius 2 is 1.03 bits per heavy atom. The summed E-state index contributed by atoms with van der Waals surface area (Å²) < 4.78 is 8.25. The first kappa shape index (κ1) is 37.5. The van der Waals surface area contributed by atoms with Crippen molar-refractivity contribution in [3.8, 4) is 0 Å². The third-order valence-electron chi connectivity index (χ3n) is 4.29. The fourth-order valence-corrected chi connectivity index (χ4v) is 2.60. The molecule has 0 aliphatic carbocycles. The molecular weight excluding hydrogens is 428 g/mol. The number of unbranched alkanes of at least 4 members (excludes halogenated alkanes) is 11. The average Bonchev–Trinajstić information content (AvgIpc) is 2.70. The number of hydrogen-bond donors (Lipinski definition) is 2. The van der Waals surface area contributed by atoms with Gasteiger partial charge in [0.2, 0.25) is 0 Å². The summed E-state index contributed by atoms with van der Waals surface area (Å²) in [6.45, 7) is 13.2. The van der Waals surface area contributed by atoms with E-state index in [0.717, 1.165) is 39.2 Å². The SMILES string of the molecule is C=C(C)C(=O)O.CC(C)CCCCCCCCCCCCCCC(=O)O.C[CH-]C.[O]=[Ti+]. The molecule has 0 aliphatic rings. The fraction of sp³-hybridized carbons (Fsp3) is 0.800. The molecule has 2 N–H and O–H groups in total. The van der Waals surface area contributed by atoms with Gasteiger partial charge in [-0.1, -0.05) is 97.5 Å². The summed E-state index contributed by atoms with van der Waals surface area (Å²) in [5.74, 6) is -0.723. The molecule has 0 atom stereocenters. The van der Waals surface area contributed by atoms with Gasteiger partial charge in [-0.2, -0.15) is 13.8 Å². The predicted molar refractivity (Wildman–Crippen MR) is 126 cm³/mol. The van der Waals surface area contributed by atoms with Crippen LogP contribution in [0.3, 0.4) is 0 Å². The maximum absolute atomic E-state index is 10.3. The number of carbonyl (C=O) groups is 2. The zero-order valence-corrected chi connectivity index (χ0v) is 22.4. The molecule has 5 nitrogen and oxygen atoms in total. The number of carboxylic acids is 2. The summed E-state index contributed by atoms with van der Waals surface area (Å²) in [7, 11) is 0. The standard InChI is InChI=1S/C18H36O2.C4H6O2.C3H7.O.Ti/c1-17(2)15-13-11-9-7-5-3-4-6-8-10-12-14-16-18(19)20;1-3(2)4(5)6;1-3-2;;/h17H,3-16H2,1-2H3,(H,19,20);1H2,2H3,(H,5,6);3H,1-2H3;;/q;;-1;;+1. The molecule has 0 spiro atoms. The zero-order chi connectivity index (χ0) is 24.9. The van der Waals surface area contributed by atoms with E-state index >= 15 is 0 Å². The van der Waals surface area contributed by atoms with E-state index in [9.17, 15) is 9.59 Å². The van der Waals surface area contributed by atoms with Gasteiger partial charge in [0.05, 0.1) is 0 Å². The molecule has 0 saturated heterocycles. The Kier molecular flexibility index (Phi) is 40.9. The summed E-state index contributed by atoms with van der Waals surface area (Å²) in [6.07, 6.45) is 19.3. The monoisotopic (exact) mass is 477 g/mol. The van der Waals surface area contributed by atoms with Gasteiger partial charge in [-0.05, 0) is 19.3 Å². The minimum atomic E-state index is -0.935. The quantitative estimate of drug-likeness (QED) is 0.102. The number of aliphatic carboxylic acids is 2. The Morgan fingerprint density at radius 1 is 0.774 bits per heavy atom. The van der Waals surface area contributed by atoms with Gasteiger partial charge in [-0.25, -0.2) is 4.79 Å². The van der Waals surface area contributed by atoms with Crippen LogP contribution in [0.2, 0.25) is 0 Å². The number of hydrogen-bond acceptors (Lipinski definition) is 3. The van der Waals surface area contributed by atoms with Crippen LogP contribution in [0.25, 0.3) is 0 Å². The van der Waals surface area contributed by atoms with Crippen LogP contribution in [0.5, 0.6) is 0 Å². The van der Waals surface area contributed by atoms with E-state index in [1.54, 1.807) is 0 Å². The zero-order valence-electron chi connectivity index (χ0n) is 20.9. The molecule has 0 aliphatic heterocycles. The summed E-state index contributed by atoms with van der Waals surface area (Å²) in [4.78, 5) is 19.9. The van der Waals surface area contributed by atoms with Crippen molar-refractivity contribution in [2.75, 3.05) is 0 Å². The van der Waals surface area contributed by atoms with E-state index in [1.807, 2.05) is 20.3 Å². The van der Waals surface area contributed by atoms with Crippen LogP contribution in [0, 0.1) is 12.3 Å². The van der Waals surface area contributed by atoms with Crippen molar-refractivity contribution >= 4 is 11.9 Å². The Labute approximate surface area is 204 Å². The molecule has 0 amide bonds. The second kappa shape index (κ2) is 33.8. The first-order chi connectivity index (χ1) is 14.7. The van der Waals surface area contributed by atoms with Crippen LogP contribution >= 0.6 is 0 Å². The van der Waals surface area contributed by atoms with E-state index in [1.165, 1.54) is 77.6 Å². The summed E-state index contributed by atoms with van der Waals surface area (Å²) in [6, 6.07) is 0. The molecule has 0 rings (SSSR count). The first-order valence-corrected chi connectivity index (χ1v) is 12.4. The van der Waals surface area contributed by atoms with Crippen molar-refractivity contribution in [2.24, 2.45) is 5.92 Å². The molecule has 0 bridgehead atoms. The summed E-state index contributed by atoms with van der Waals surface area (Å²) in [5, 5.41) is 16.4. The van der Waals surface area contributed by atoms with Crippen LogP contribution in [0.4, 0.5) is 0 Å². The van der Waals surface area contributed by atoms with Crippen molar-refractivity contribution in [3.63, 3.8) is 0 Å². The average molecular weight is 478 g/mol. The van der Waals surface area contributed by atoms with Gasteiger partial charge in [-0.3, -0.25) is 4.79 Å². The Balaban J connectivity index is -0.000000274. The third kappa shape index (κ3) is 52.9. The van der Waals surface area contributed by atoms with Gasteiger partial charge in [0.25, 0.3) is 0 Å². The topological polar surface area (TPSA) is 91.7 Å². The van der Waals surface area contributed by atoms with Crippen LogP contribution in [0.15, 0.2) is 12.2 Å². The van der Waals surface area contributed by atoms with E-state index < -0.39 is 11.9 Å². The molecule has 0 radical (unpaired) electrons. The third-order valence-corrected chi connectivity index (χ3v) is 4.29.